The molecular formula is C20H23N3O2. The molecule has 1 saturated carbocycles. The fraction of sp³-hybridized carbons (Fsp3) is 0.450. The number of aromatic amines is 1. The van der Waals surface area contributed by atoms with E-state index in [4.69, 9.17) is 4.98 Å². The molecule has 25 heavy (non-hydrogen) atoms. The van der Waals surface area contributed by atoms with Crippen LogP contribution in [0.25, 0.3) is 11.4 Å². The lowest BCUT2D eigenvalue weighted by Crippen LogP contribution is -2.42. The minimum Gasteiger partial charge on any atom is -0.353 e. The van der Waals surface area contributed by atoms with E-state index in [0.717, 1.165) is 42.5 Å². The van der Waals surface area contributed by atoms with Gasteiger partial charge in [0.15, 0.2) is 0 Å². The van der Waals surface area contributed by atoms with Gasteiger partial charge in [0.1, 0.15) is 5.82 Å². The summed E-state index contributed by atoms with van der Waals surface area (Å²) < 4.78 is 0. The minimum atomic E-state index is -0.0658. The largest absolute Gasteiger partial charge is 0.353 e. The predicted molar refractivity (Wildman–Crippen MR) is 96.2 cm³/mol. The first-order valence-corrected chi connectivity index (χ1v) is 9.18. The van der Waals surface area contributed by atoms with Gasteiger partial charge in [-0.25, -0.2) is 4.98 Å². The summed E-state index contributed by atoms with van der Waals surface area (Å²) in [5.74, 6) is 0.744. The van der Waals surface area contributed by atoms with Crippen LogP contribution in [-0.2, 0) is 17.6 Å². The summed E-state index contributed by atoms with van der Waals surface area (Å²) in [5.41, 5.74) is 2.44. The van der Waals surface area contributed by atoms with Crippen molar-refractivity contribution in [3.05, 3.63) is 51.9 Å². The van der Waals surface area contributed by atoms with E-state index in [9.17, 15) is 9.59 Å². The molecule has 1 amide bonds. The Morgan fingerprint density at radius 3 is 2.56 bits per heavy atom. The number of fused-ring (bicyclic) bond motifs is 1. The van der Waals surface area contributed by atoms with E-state index in [0.29, 0.717) is 24.7 Å². The third kappa shape index (κ3) is 3.36. The smallest absolute Gasteiger partial charge is 0.254 e. The van der Waals surface area contributed by atoms with Crippen molar-refractivity contribution in [2.24, 2.45) is 5.92 Å². The van der Waals surface area contributed by atoms with Gasteiger partial charge in [-0.05, 0) is 44.9 Å². The molecule has 0 spiro atoms. The summed E-state index contributed by atoms with van der Waals surface area (Å²) in [6.07, 6.45) is 6.19. The zero-order chi connectivity index (χ0) is 17.2. The van der Waals surface area contributed by atoms with Gasteiger partial charge in [0, 0.05) is 23.1 Å². The summed E-state index contributed by atoms with van der Waals surface area (Å²) in [6, 6.07) is 10.1. The molecule has 1 heterocycles. The summed E-state index contributed by atoms with van der Waals surface area (Å²) in [5, 5.41) is 3.15. The minimum absolute atomic E-state index is 0.0191. The second kappa shape index (κ2) is 6.82. The number of hydrogen-bond donors (Lipinski definition) is 2. The van der Waals surface area contributed by atoms with E-state index in [1.165, 1.54) is 6.42 Å². The summed E-state index contributed by atoms with van der Waals surface area (Å²) in [4.78, 5) is 32.6. The molecule has 2 aliphatic carbocycles. The third-order valence-electron chi connectivity index (χ3n) is 5.44. The average molecular weight is 337 g/mol. The lowest BCUT2D eigenvalue weighted by atomic mass is 9.91. The number of aryl methyl sites for hydroxylation is 1. The molecule has 5 heteroatoms. The molecular weight excluding hydrogens is 314 g/mol. The first-order valence-electron chi connectivity index (χ1n) is 9.18. The van der Waals surface area contributed by atoms with Crippen LogP contribution in [0.2, 0.25) is 0 Å². The summed E-state index contributed by atoms with van der Waals surface area (Å²) in [6.45, 7) is 0. The van der Waals surface area contributed by atoms with Gasteiger partial charge in [-0.2, -0.15) is 0 Å². The Balaban J connectivity index is 1.54. The van der Waals surface area contributed by atoms with Crippen LogP contribution in [0.3, 0.4) is 0 Å². The van der Waals surface area contributed by atoms with Crippen LogP contribution in [0, 0.1) is 5.92 Å². The molecule has 2 N–H and O–H groups in total. The Labute approximate surface area is 146 Å². The second-order valence-corrected chi connectivity index (χ2v) is 7.12. The molecule has 0 aliphatic heterocycles. The Kier molecular flexibility index (Phi) is 4.38. The molecule has 130 valence electrons. The highest BCUT2D eigenvalue weighted by molar-refractivity contribution is 5.79. The molecule has 1 unspecified atom stereocenters. The lowest BCUT2D eigenvalue weighted by Gasteiger charge is -2.28. The highest BCUT2D eigenvalue weighted by Crippen LogP contribution is 2.25. The molecule has 2 aromatic rings. The van der Waals surface area contributed by atoms with E-state index in [2.05, 4.69) is 10.3 Å². The standard InChI is InChI=1S/C20H23N3O2/c24-19(21-15-7-4-8-15)14-9-11-16-17(12-10-14)22-18(23-20(16)25)13-5-2-1-3-6-13/h1-3,5-6,14-15H,4,7-12H2,(H,21,24)(H,22,23,25). The second-order valence-electron chi connectivity index (χ2n) is 7.12. The topological polar surface area (TPSA) is 74.8 Å². The maximum Gasteiger partial charge on any atom is 0.254 e. The van der Waals surface area contributed by atoms with Crippen molar-refractivity contribution in [3.8, 4) is 11.4 Å². The van der Waals surface area contributed by atoms with E-state index in [1.807, 2.05) is 30.3 Å². The van der Waals surface area contributed by atoms with Crippen molar-refractivity contribution in [2.75, 3.05) is 0 Å². The van der Waals surface area contributed by atoms with Gasteiger partial charge in [-0.3, -0.25) is 9.59 Å². The van der Waals surface area contributed by atoms with Gasteiger partial charge in [0.25, 0.3) is 5.56 Å². The van der Waals surface area contributed by atoms with E-state index in [1.54, 1.807) is 0 Å². The monoisotopic (exact) mass is 337 g/mol. The van der Waals surface area contributed by atoms with Gasteiger partial charge < -0.3 is 10.3 Å². The fourth-order valence-electron chi connectivity index (χ4n) is 3.65. The molecule has 4 rings (SSSR count). The van der Waals surface area contributed by atoms with Crippen LogP contribution in [-0.4, -0.2) is 21.9 Å². The van der Waals surface area contributed by atoms with Gasteiger partial charge in [-0.1, -0.05) is 30.3 Å². The normalized spacial score (nSPS) is 20.2. The number of hydrogen-bond acceptors (Lipinski definition) is 3. The molecule has 0 saturated heterocycles. The number of nitrogens with zero attached hydrogens (tertiary/aromatic N) is 1. The number of aromatic nitrogens is 2. The highest BCUT2D eigenvalue weighted by atomic mass is 16.2. The predicted octanol–water partition coefficient (Wildman–Crippen LogP) is 2.60. The summed E-state index contributed by atoms with van der Waals surface area (Å²) >= 11 is 0. The number of amides is 1. The number of rotatable bonds is 3. The quantitative estimate of drug-likeness (QED) is 0.846. The first-order chi connectivity index (χ1) is 12.2. The van der Waals surface area contributed by atoms with Crippen molar-refractivity contribution in [3.63, 3.8) is 0 Å². The Bertz CT molecular complexity index is 825. The van der Waals surface area contributed by atoms with Gasteiger partial charge in [0.05, 0.1) is 5.69 Å². The molecule has 0 bridgehead atoms. The molecule has 5 nitrogen and oxygen atoms in total. The maximum atomic E-state index is 12.5. The number of carbonyl (C=O) groups is 1. The van der Waals surface area contributed by atoms with E-state index in [-0.39, 0.29) is 17.4 Å². The number of nitrogens with one attached hydrogen (secondary N) is 2. The molecule has 0 radical (unpaired) electrons. The molecule has 1 atom stereocenters. The van der Waals surface area contributed by atoms with Gasteiger partial charge >= 0.3 is 0 Å². The zero-order valence-corrected chi connectivity index (χ0v) is 14.3. The first kappa shape index (κ1) is 16.1. The van der Waals surface area contributed by atoms with Crippen molar-refractivity contribution in [1.29, 1.82) is 0 Å². The molecule has 1 fully saturated rings. The van der Waals surface area contributed by atoms with Gasteiger partial charge in [-0.15, -0.1) is 0 Å². The Morgan fingerprint density at radius 1 is 1.08 bits per heavy atom. The van der Waals surface area contributed by atoms with Crippen LogP contribution in [0.1, 0.15) is 43.4 Å². The number of carbonyl (C=O) groups excluding carboxylic acids is 1. The third-order valence-corrected chi connectivity index (χ3v) is 5.44. The highest BCUT2D eigenvalue weighted by Gasteiger charge is 2.28. The number of H-pyrrole nitrogens is 1. The number of benzene rings is 1. The Hall–Kier alpha value is -2.43. The molecule has 2 aliphatic rings. The lowest BCUT2D eigenvalue weighted by molar-refractivity contribution is -0.126. The maximum absolute atomic E-state index is 12.5. The van der Waals surface area contributed by atoms with Crippen LogP contribution in [0.4, 0.5) is 0 Å². The Morgan fingerprint density at radius 2 is 1.84 bits per heavy atom. The van der Waals surface area contributed by atoms with Crippen molar-refractivity contribution >= 4 is 5.91 Å². The molecule has 1 aromatic carbocycles. The van der Waals surface area contributed by atoms with Gasteiger partial charge in [0.2, 0.25) is 5.91 Å². The van der Waals surface area contributed by atoms with E-state index >= 15 is 0 Å². The summed E-state index contributed by atoms with van der Waals surface area (Å²) in [7, 11) is 0. The average Bonchev–Trinajstić information content (AvgIpc) is 2.82. The van der Waals surface area contributed by atoms with Crippen molar-refractivity contribution in [1.82, 2.24) is 15.3 Å². The van der Waals surface area contributed by atoms with Crippen molar-refractivity contribution < 1.29 is 4.79 Å². The fourth-order valence-corrected chi connectivity index (χ4v) is 3.65. The SMILES string of the molecule is O=C(NC1CCC1)C1CCc2nc(-c3ccccc3)[nH]c(=O)c2CC1. The van der Waals surface area contributed by atoms with E-state index < -0.39 is 0 Å². The zero-order valence-electron chi connectivity index (χ0n) is 14.3. The van der Waals surface area contributed by atoms with Crippen LogP contribution < -0.4 is 10.9 Å². The van der Waals surface area contributed by atoms with Crippen LogP contribution in [0.5, 0.6) is 0 Å². The van der Waals surface area contributed by atoms with Crippen LogP contribution >= 0.6 is 0 Å². The van der Waals surface area contributed by atoms with Crippen LogP contribution in [0.15, 0.2) is 35.1 Å². The molecule has 1 aromatic heterocycles. The van der Waals surface area contributed by atoms with Crippen molar-refractivity contribution in [2.45, 2.75) is 51.0 Å².